The molecule has 2 nitrogen and oxygen atoms in total. The van der Waals surface area contributed by atoms with Gasteiger partial charge in [0.25, 0.3) is 0 Å². The van der Waals surface area contributed by atoms with E-state index in [0.717, 1.165) is 5.69 Å². The lowest BCUT2D eigenvalue weighted by atomic mass is 10.1. The molecule has 3 heteroatoms. The third-order valence-electron chi connectivity index (χ3n) is 1.92. The highest BCUT2D eigenvalue weighted by atomic mass is 127. The molecule has 1 aromatic heterocycles. The first kappa shape index (κ1) is 10.0. The molecular weight excluding hydrogens is 263 g/mol. The van der Waals surface area contributed by atoms with Crippen LogP contribution in [0.15, 0.2) is 0 Å². The molecule has 0 aliphatic heterocycles. The lowest BCUT2D eigenvalue weighted by Gasteiger charge is -2.20. The molecule has 0 saturated heterocycles. The topological polar surface area (TPSA) is 17.8 Å². The summed E-state index contributed by atoms with van der Waals surface area (Å²) in [5, 5.41) is 4.49. The molecule has 0 aliphatic rings. The second-order valence-corrected chi connectivity index (χ2v) is 5.11. The van der Waals surface area contributed by atoms with E-state index in [9.17, 15) is 0 Å². The van der Waals surface area contributed by atoms with Crippen LogP contribution in [-0.2, 0) is 5.54 Å². The highest BCUT2D eigenvalue weighted by Gasteiger charge is 2.19. The highest BCUT2D eigenvalue weighted by Crippen LogP contribution is 2.22. The summed E-state index contributed by atoms with van der Waals surface area (Å²) in [6.07, 6.45) is 0. The molecule has 12 heavy (non-hydrogen) atoms. The van der Waals surface area contributed by atoms with Gasteiger partial charge in [-0.25, -0.2) is 0 Å². The Hall–Kier alpha value is -0.0600. The average molecular weight is 278 g/mol. The lowest BCUT2D eigenvalue weighted by Crippen LogP contribution is -2.24. The SMILES string of the molecule is Cc1nn(C(C)(C)C)c(I)c1C. The van der Waals surface area contributed by atoms with Crippen molar-refractivity contribution in [3.05, 3.63) is 15.0 Å². The summed E-state index contributed by atoms with van der Waals surface area (Å²) in [5.74, 6) is 0. The van der Waals surface area contributed by atoms with Gasteiger partial charge in [-0.15, -0.1) is 0 Å². The zero-order valence-corrected chi connectivity index (χ0v) is 10.4. The van der Waals surface area contributed by atoms with E-state index in [2.05, 4.69) is 67.0 Å². The third-order valence-corrected chi connectivity index (χ3v) is 3.19. The van der Waals surface area contributed by atoms with Gasteiger partial charge in [-0.1, -0.05) is 0 Å². The Morgan fingerprint density at radius 2 is 1.75 bits per heavy atom. The molecule has 0 atom stereocenters. The van der Waals surface area contributed by atoms with Crippen LogP contribution in [0.4, 0.5) is 0 Å². The summed E-state index contributed by atoms with van der Waals surface area (Å²) in [4.78, 5) is 0. The summed E-state index contributed by atoms with van der Waals surface area (Å²) >= 11 is 2.35. The zero-order chi connectivity index (χ0) is 9.52. The van der Waals surface area contributed by atoms with Crippen molar-refractivity contribution in [1.29, 1.82) is 0 Å². The van der Waals surface area contributed by atoms with Gasteiger partial charge in [0, 0.05) is 5.56 Å². The molecule has 0 aliphatic carbocycles. The summed E-state index contributed by atoms with van der Waals surface area (Å²) in [6, 6.07) is 0. The van der Waals surface area contributed by atoms with Crippen LogP contribution in [0.3, 0.4) is 0 Å². The minimum atomic E-state index is 0.0928. The molecule has 0 bridgehead atoms. The second kappa shape index (κ2) is 3.01. The number of aromatic nitrogens is 2. The fourth-order valence-electron chi connectivity index (χ4n) is 1.02. The van der Waals surface area contributed by atoms with E-state index in [1.165, 1.54) is 9.26 Å². The normalized spacial score (nSPS) is 12.2. The molecule has 0 N–H and O–H groups in total. The second-order valence-electron chi connectivity index (χ2n) is 4.08. The smallest absolute Gasteiger partial charge is 0.103 e. The Morgan fingerprint density at radius 1 is 1.25 bits per heavy atom. The van der Waals surface area contributed by atoms with Crippen molar-refractivity contribution in [2.24, 2.45) is 0 Å². The van der Waals surface area contributed by atoms with Gasteiger partial charge in [-0.3, -0.25) is 4.68 Å². The molecule has 1 rings (SSSR count). The van der Waals surface area contributed by atoms with Crippen molar-refractivity contribution in [2.45, 2.75) is 40.2 Å². The Kier molecular flexibility index (Phi) is 2.52. The number of aryl methyl sites for hydroxylation is 1. The predicted molar refractivity (Wildman–Crippen MR) is 59.4 cm³/mol. The Morgan fingerprint density at radius 3 is 1.92 bits per heavy atom. The summed E-state index contributed by atoms with van der Waals surface area (Å²) in [7, 11) is 0. The van der Waals surface area contributed by atoms with E-state index in [0.29, 0.717) is 0 Å². The molecule has 0 unspecified atom stereocenters. The van der Waals surface area contributed by atoms with E-state index in [-0.39, 0.29) is 5.54 Å². The maximum atomic E-state index is 4.49. The summed E-state index contributed by atoms with van der Waals surface area (Å²) < 4.78 is 3.33. The van der Waals surface area contributed by atoms with Crippen LogP contribution in [0.2, 0.25) is 0 Å². The molecule has 0 radical (unpaired) electrons. The predicted octanol–water partition coefficient (Wildman–Crippen LogP) is 2.86. The number of halogens is 1. The molecular formula is C9H15IN2. The van der Waals surface area contributed by atoms with Crippen LogP contribution in [0.1, 0.15) is 32.0 Å². The van der Waals surface area contributed by atoms with Crippen molar-refractivity contribution < 1.29 is 0 Å². The first-order valence-electron chi connectivity index (χ1n) is 4.06. The van der Waals surface area contributed by atoms with Crippen molar-refractivity contribution >= 4 is 22.6 Å². The fraction of sp³-hybridized carbons (Fsp3) is 0.667. The van der Waals surface area contributed by atoms with E-state index >= 15 is 0 Å². The van der Waals surface area contributed by atoms with Gasteiger partial charge in [0.05, 0.1) is 11.2 Å². The Balaban J connectivity index is 3.28. The quantitative estimate of drug-likeness (QED) is 0.667. The molecule has 1 heterocycles. The summed E-state index contributed by atoms with van der Waals surface area (Å²) in [5.41, 5.74) is 2.52. The van der Waals surface area contributed by atoms with Crippen LogP contribution < -0.4 is 0 Å². The number of hydrogen-bond acceptors (Lipinski definition) is 1. The minimum Gasteiger partial charge on any atom is -0.254 e. The van der Waals surface area contributed by atoms with Crippen LogP contribution in [0.25, 0.3) is 0 Å². The van der Waals surface area contributed by atoms with Gasteiger partial charge >= 0.3 is 0 Å². The largest absolute Gasteiger partial charge is 0.254 e. The van der Waals surface area contributed by atoms with Crippen LogP contribution in [-0.4, -0.2) is 9.78 Å². The van der Waals surface area contributed by atoms with Crippen molar-refractivity contribution in [3.8, 4) is 0 Å². The van der Waals surface area contributed by atoms with Crippen LogP contribution >= 0.6 is 22.6 Å². The fourth-order valence-corrected chi connectivity index (χ4v) is 2.24. The van der Waals surface area contributed by atoms with Gasteiger partial charge in [0.15, 0.2) is 0 Å². The number of hydrogen-bond donors (Lipinski definition) is 0. The Bertz CT molecular complexity index is 294. The maximum absolute atomic E-state index is 4.49. The van der Waals surface area contributed by atoms with Crippen molar-refractivity contribution in [3.63, 3.8) is 0 Å². The molecule has 0 aromatic carbocycles. The van der Waals surface area contributed by atoms with Crippen LogP contribution in [0.5, 0.6) is 0 Å². The molecule has 0 saturated carbocycles. The highest BCUT2D eigenvalue weighted by molar-refractivity contribution is 14.1. The van der Waals surface area contributed by atoms with Gasteiger partial charge in [0.1, 0.15) is 3.70 Å². The standard InChI is InChI=1S/C9H15IN2/c1-6-7(2)11-12(8(6)10)9(3,4)5/h1-5H3. The number of nitrogens with zero attached hydrogens (tertiary/aromatic N) is 2. The first-order chi connectivity index (χ1) is 5.34. The number of rotatable bonds is 0. The lowest BCUT2D eigenvalue weighted by molar-refractivity contribution is 0.346. The van der Waals surface area contributed by atoms with E-state index in [4.69, 9.17) is 0 Å². The van der Waals surface area contributed by atoms with Gasteiger partial charge in [-0.05, 0) is 57.2 Å². The van der Waals surface area contributed by atoms with Gasteiger partial charge in [-0.2, -0.15) is 5.10 Å². The molecule has 1 aromatic rings. The third kappa shape index (κ3) is 1.65. The monoisotopic (exact) mass is 278 g/mol. The molecule has 68 valence electrons. The molecule has 0 amide bonds. The first-order valence-corrected chi connectivity index (χ1v) is 5.14. The van der Waals surface area contributed by atoms with Crippen molar-refractivity contribution in [2.75, 3.05) is 0 Å². The van der Waals surface area contributed by atoms with Gasteiger partial charge < -0.3 is 0 Å². The van der Waals surface area contributed by atoms with E-state index in [1.54, 1.807) is 0 Å². The van der Waals surface area contributed by atoms with Crippen molar-refractivity contribution in [1.82, 2.24) is 9.78 Å². The maximum Gasteiger partial charge on any atom is 0.103 e. The molecule has 0 fully saturated rings. The zero-order valence-electron chi connectivity index (χ0n) is 8.27. The van der Waals surface area contributed by atoms with E-state index in [1.807, 2.05) is 0 Å². The average Bonchev–Trinajstić information content (AvgIpc) is 2.15. The van der Waals surface area contributed by atoms with E-state index < -0.39 is 0 Å². The van der Waals surface area contributed by atoms with Crippen LogP contribution in [0, 0.1) is 17.5 Å². The molecule has 0 spiro atoms. The summed E-state index contributed by atoms with van der Waals surface area (Å²) in [6.45, 7) is 10.7. The minimum absolute atomic E-state index is 0.0928. The Labute approximate surface area is 87.5 Å². The van der Waals surface area contributed by atoms with Gasteiger partial charge in [0.2, 0.25) is 0 Å².